The van der Waals surface area contributed by atoms with E-state index in [-0.39, 0.29) is 35.9 Å². The van der Waals surface area contributed by atoms with Crippen molar-refractivity contribution in [3.8, 4) is 0 Å². The van der Waals surface area contributed by atoms with Crippen LogP contribution in [-0.2, 0) is 21.0 Å². The molecule has 9 heteroatoms. The van der Waals surface area contributed by atoms with E-state index in [4.69, 9.17) is 0 Å². The van der Waals surface area contributed by atoms with Crippen LogP contribution in [0.5, 0.6) is 0 Å². The maximum absolute atomic E-state index is 12.9. The van der Waals surface area contributed by atoms with Gasteiger partial charge < -0.3 is 4.90 Å². The quantitative estimate of drug-likeness (QED) is 0.704. The smallest absolute Gasteiger partial charge is 0.343 e. The van der Waals surface area contributed by atoms with Gasteiger partial charge in [0.05, 0.1) is 10.5 Å². The number of rotatable bonds is 6. The van der Waals surface area contributed by atoms with Crippen LogP contribution in [0, 0.1) is 5.92 Å². The summed E-state index contributed by atoms with van der Waals surface area (Å²) in [6.07, 6.45) is -2.18. The molecule has 1 aromatic rings. The van der Waals surface area contributed by atoms with E-state index in [0.29, 0.717) is 18.9 Å². The molecule has 2 rings (SSSR count). The number of hydrogen-bond donors (Lipinski definition) is 0. The second-order valence-electron chi connectivity index (χ2n) is 7.12. The topological polar surface area (TPSA) is 57.7 Å². The van der Waals surface area contributed by atoms with Crippen LogP contribution in [0.4, 0.5) is 13.2 Å². The fourth-order valence-electron chi connectivity index (χ4n) is 3.63. The summed E-state index contributed by atoms with van der Waals surface area (Å²) in [5.74, 6) is -0.261. The first-order valence-electron chi connectivity index (χ1n) is 9.46. The van der Waals surface area contributed by atoms with E-state index in [0.717, 1.165) is 25.0 Å². The molecule has 1 amide bonds. The lowest BCUT2D eigenvalue weighted by atomic mass is 9.95. The molecule has 1 aliphatic rings. The van der Waals surface area contributed by atoms with E-state index in [9.17, 15) is 26.4 Å². The van der Waals surface area contributed by atoms with Crippen LogP contribution >= 0.6 is 0 Å². The molecule has 1 aromatic carbocycles. The van der Waals surface area contributed by atoms with Gasteiger partial charge in [0, 0.05) is 32.1 Å². The molecular formula is C19H27F3N2O3S. The first-order valence-corrected chi connectivity index (χ1v) is 10.9. The number of hydrogen-bond acceptors (Lipinski definition) is 3. The average molecular weight is 420 g/mol. The number of alkyl halides is 3. The molecule has 0 radical (unpaired) electrons. The van der Waals surface area contributed by atoms with Crippen molar-refractivity contribution in [1.82, 2.24) is 9.21 Å². The third-order valence-electron chi connectivity index (χ3n) is 5.44. The average Bonchev–Trinajstić information content (AvgIpc) is 2.67. The first kappa shape index (κ1) is 22.7. The molecule has 0 aliphatic carbocycles. The maximum atomic E-state index is 12.9. The molecular weight excluding hydrogens is 393 g/mol. The van der Waals surface area contributed by atoms with Gasteiger partial charge in [0.2, 0.25) is 15.9 Å². The molecule has 1 fully saturated rings. The van der Waals surface area contributed by atoms with Crippen LogP contribution in [0.2, 0.25) is 0 Å². The summed E-state index contributed by atoms with van der Waals surface area (Å²) in [6.45, 7) is 4.27. The molecule has 5 nitrogen and oxygen atoms in total. The SMILES string of the molecule is CCC(CC)N(C)C(=O)C1CCN(S(=O)(=O)c2cccc(C(F)(F)F)c2)CC1. The highest BCUT2D eigenvalue weighted by atomic mass is 32.2. The summed E-state index contributed by atoms with van der Waals surface area (Å²) < 4.78 is 65.3. The lowest BCUT2D eigenvalue weighted by Crippen LogP contribution is -2.45. The zero-order valence-electron chi connectivity index (χ0n) is 16.4. The molecule has 1 heterocycles. The van der Waals surface area contributed by atoms with Crippen molar-refractivity contribution in [1.29, 1.82) is 0 Å². The van der Waals surface area contributed by atoms with E-state index in [1.807, 2.05) is 13.8 Å². The Bertz CT molecular complexity index is 784. The molecule has 1 aliphatic heterocycles. The third kappa shape index (κ3) is 4.86. The third-order valence-corrected chi connectivity index (χ3v) is 7.33. The lowest BCUT2D eigenvalue weighted by molar-refractivity contribution is -0.138. The molecule has 0 unspecified atom stereocenters. The van der Waals surface area contributed by atoms with Gasteiger partial charge in [-0.15, -0.1) is 0 Å². The second-order valence-corrected chi connectivity index (χ2v) is 9.06. The fraction of sp³-hybridized carbons (Fsp3) is 0.632. The number of sulfonamides is 1. The van der Waals surface area contributed by atoms with Gasteiger partial charge in [-0.3, -0.25) is 4.79 Å². The van der Waals surface area contributed by atoms with Crippen molar-refractivity contribution in [3.63, 3.8) is 0 Å². The summed E-state index contributed by atoms with van der Waals surface area (Å²) in [5, 5.41) is 0. The predicted octanol–water partition coefficient (Wildman–Crippen LogP) is 3.75. The first-order chi connectivity index (χ1) is 13.0. The zero-order valence-corrected chi connectivity index (χ0v) is 17.2. The van der Waals surface area contributed by atoms with Gasteiger partial charge in [-0.25, -0.2) is 8.42 Å². The normalized spacial score (nSPS) is 17.1. The van der Waals surface area contributed by atoms with Crippen LogP contribution in [0.25, 0.3) is 0 Å². The van der Waals surface area contributed by atoms with Crippen LogP contribution in [0.3, 0.4) is 0 Å². The Morgan fingerprint density at radius 2 is 1.79 bits per heavy atom. The van der Waals surface area contributed by atoms with E-state index in [2.05, 4.69) is 0 Å². The van der Waals surface area contributed by atoms with Crippen molar-refractivity contribution in [3.05, 3.63) is 29.8 Å². The van der Waals surface area contributed by atoms with Gasteiger partial charge in [0.25, 0.3) is 0 Å². The number of amides is 1. The Labute approximate surface area is 164 Å². The van der Waals surface area contributed by atoms with Gasteiger partial charge >= 0.3 is 6.18 Å². The highest BCUT2D eigenvalue weighted by Crippen LogP contribution is 2.32. The highest BCUT2D eigenvalue weighted by Gasteiger charge is 2.36. The lowest BCUT2D eigenvalue weighted by Gasteiger charge is -2.35. The minimum atomic E-state index is -4.61. The molecule has 28 heavy (non-hydrogen) atoms. The second kappa shape index (κ2) is 8.82. The Morgan fingerprint density at radius 1 is 1.21 bits per heavy atom. The van der Waals surface area contributed by atoms with Gasteiger partial charge in [0.1, 0.15) is 0 Å². The summed E-state index contributed by atoms with van der Waals surface area (Å²) in [5.41, 5.74) is -0.995. The van der Waals surface area contributed by atoms with Crippen molar-refractivity contribution in [2.75, 3.05) is 20.1 Å². The van der Waals surface area contributed by atoms with E-state index < -0.39 is 21.8 Å². The van der Waals surface area contributed by atoms with Gasteiger partial charge in [0.15, 0.2) is 0 Å². The van der Waals surface area contributed by atoms with E-state index in [1.54, 1.807) is 11.9 Å². The van der Waals surface area contributed by atoms with Gasteiger partial charge in [-0.1, -0.05) is 19.9 Å². The summed E-state index contributed by atoms with van der Waals surface area (Å²) in [4.78, 5) is 14.0. The fourth-order valence-corrected chi connectivity index (χ4v) is 5.15. The number of halogens is 3. The van der Waals surface area contributed by atoms with Gasteiger partial charge in [-0.2, -0.15) is 17.5 Å². The molecule has 0 bridgehead atoms. The van der Waals surface area contributed by atoms with Crippen molar-refractivity contribution in [2.45, 2.75) is 56.6 Å². The summed E-state index contributed by atoms with van der Waals surface area (Å²) >= 11 is 0. The molecule has 1 saturated heterocycles. The molecule has 0 aromatic heterocycles. The maximum Gasteiger partial charge on any atom is 0.416 e. The van der Waals surface area contributed by atoms with Crippen LogP contribution < -0.4 is 0 Å². The van der Waals surface area contributed by atoms with Crippen molar-refractivity contribution >= 4 is 15.9 Å². The molecule has 158 valence electrons. The Kier molecular flexibility index (Phi) is 7.14. The molecule has 0 atom stereocenters. The van der Waals surface area contributed by atoms with Gasteiger partial charge in [-0.05, 0) is 43.9 Å². The molecule has 0 saturated carbocycles. The Hall–Kier alpha value is -1.61. The minimum Gasteiger partial charge on any atom is -0.343 e. The highest BCUT2D eigenvalue weighted by molar-refractivity contribution is 7.89. The molecule has 0 spiro atoms. The van der Waals surface area contributed by atoms with Crippen LogP contribution in [0.1, 0.15) is 45.1 Å². The predicted molar refractivity (Wildman–Crippen MR) is 100 cm³/mol. The zero-order chi connectivity index (χ0) is 21.1. The van der Waals surface area contributed by atoms with Crippen LogP contribution in [0.15, 0.2) is 29.2 Å². The Balaban J connectivity index is 2.09. The number of benzene rings is 1. The number of nitrogens with zero attached hydrogens (tertiary/aromatic N) is 2. The minimum absolute atomic E-state index is 0.00446. The Morgan fingerprint density at radius 3 is 2.29 bits per heavy atom. The number of carbonyl (C=O) groups is 1. The number of piperidine rings is 1. The van der Waals surface area contributed by atoms with E-state index >= 15 is 0 Å². The van der Waals surface area contributed by atoms with Crippen molar-refractivity contribution in [2.24, 2.45) is 5.92 Å². The standard InChI is InChI=1S/C19H27F3N2O3S/c1-4-16(5-2)23(3)18(25)14-9-11-24(12-10-14)28(26,27)17-8-6-7-15(13-17)19(20,21)22/h6-8,13-14,16H,4-5,9-12H2,1-3H3. The van der Waals surface area contributed by atoms with Crippen LogP contribution in [-0.4, -0.2) is 49.7 Å². The van der Waals surface area contributed by atoms with Crippen molar-refractivity contribution < 1.29 is 26.4 Å². The largest absolute Gasteiger partial charge is 0.416 e. The molecule has 0 N–H and O–H groups in total. The summed E-state index contributed by atoms with van der Waals surface area (Å²) in [7, 11) is -2.26. The number of carbonyl (C=O) groups excluding carboxylic acids is 1. The monoisotopic (exact) mass is 420 g/mol. The van der Waals surface area contributed by atoms with E-state index in [1.165, 1.54) is 10.4 Å². The summed E-state index contributed by atoms with van der Waals surface area (Å²) in [6, 6.07) is 3.92.